The minimum atomic E-state index is -1.20. The quantitative estimate of drug-likeness (QED) is 0.642. The summed E-state index contributed by atoms with van der Waals surface area (Å²) in [5.41, 5.74) is -0.563. The van der Waals surface area contributed by atoms with Crippen molar-refractivity contribution in [2.75, 3.05) is 0 Å². The largest absolute Gasteiger partial charge is 0.367 e. The van der Waals surface area contributed by atoms with Gasteiger partial charge in [-0.25, -0.2) is 0 Å². The second-order valence-electron chi connectivity index (χ2n) is 3.15. The fourth-order valence-electron chi connectivity index (χ4n) is 1.47. The van der Waals surface area contributed by atoms with Gasteiger partial charge in [-0.05, 0) is 6.07 Å². The lowest BCUT2D eigenvalue weighted by atomic mass is 10.0. The standard InChI is InChI=1S/C9H10N2O2/c12-8-3-4-9(13,11-8)7-2-1-5-10-6-7/h1-2,5-6,13H,3-4H2,(H,11,12). The number of hydrogen-bond donors (Lipinski definition) is 2. The lowest BCUT2D eigenvalue weighted by Gasteiger charge is -2.21. The molecule has 0 bridgehead atoms. The van der Waals surface area contributed by atoms with Crippen LogP contribution in [0.1, 0.15) is 18.4 Å². The number of carbonyl (C=O) groups is 1. The molecule has 4 heteroatoms. The topological polar surface area (TPSA) is 62.2 Å². The van der Waals surface area contributed by atoms with Crippen molar-refractivity contribution in [2.45, 2.75) is 18.6 Å². The van der Waals surface area contributed by atoms with E-state index in [-0.39, 0.29) is 5.91 Å². The third kappa shape index (κ3) is 1.40. The minimum absolute atomic E-state index is 0.119. The zero-order valence-corrected chi connectivity index (χ0v) is 7.03. The van der Waals surface area contributed by atoms with E-state index in [1.807, 2.05) is 0 Å². The predicted molar refractivity (Wildman–Crippen MR) is 45.5 cm³/mol. The van der Waals surface area contributed by atoms with Gasteiger partial charge >= 0.3 is 0 Å². The Morgan fingerprint density at radius 1 is 1.62 bits per heavy atom. The molecule has 68 valence electrons. The van der Waals surface area contributed by atoms with E-state index in [0.717, 1.165) is 0 Å². The first-order chi connectivity index (χ1) is 6.21. The Balaban J connectivity index is 2.31. The number of pyridine rings is 1. The molecule has 0 aromatic carbocycles. The Morgan fingerprint density at radius 3 is 3.00 bits per heavy atom. The van der Waals surface area contributed by atoms with Crippen LogP contribution in [0.3, 0.4) is 0 Å². The molecule has 0 saturated carbocycles. The number of carbonyl (C=O) groups excluding carboxylic acids is 1. The van der Waals surface area contributed by atoms with Gasteiger partial charge in [0.15, 0.2) is 5.72 Å². The van der Waals surface area contributed by atoms with Crippen molar-refractivity contribution < 1.29 is 9.90 Å². The average molecular weight is 178 g/mol. The molecule has 13 heavy (non-hydrogen) atoms. The zero-order valence-electron chi connectivity index (χ0n) is 7.03. The van der Waals surface area contributed by atoms with Crippen LogP contribution in [0.2, 0.25) is 0 Å². The van der Waals surface area contributed by atoms with Gasteiger partial charge in [0.1, 0.15) is 0 Å². The fraction of sp³-hybridized carbons (Fsp3) is 0.333. The molecule has 1 saturated heterocycles. The molecule has 4 nitrogen and oxygen atoms in total. The van der Waals surface area contributed by atoms with Crippen LogP contribution in [0, 0.1) is 0 Å². The van der Waals surface area contributed by atoms with E-state index in [1.54, 1.807) is 24.5 Å². The van der Waals surface area contributed by atoms with Crippen molar-refractivity contribution in [1.29, 1.82) is 0 Å². The van der Waals surface area contributed by atoms with Gasteiger partial charge in [-0.3, -0.25) is 9.78 Å². The lowest BCUT2D eigenvalue weighted by molar-refractivity contribution is -0.122. The summed E-state index contributed by atoms with van der Waals surface area (Å²) in [6.45, 7) is 0. The highest BCUT2D eigenvalue weighted by Gasteiger charge is 2.37. The SMILES string of the molecule is O=C1CCC(O)(c2cccnc2)N1. The normalized spacial score (nSPS) is 27.3. The van der Waals surface area contributed by atoms with Gasteiger partial charge in [-0.2, -0.15) is 0 Å². The molecular formula is C9H10N2O2. The molecule has 1 aliphatic rings. The van der Waals surface area contributed by atoms with Crippen LogP contribution in [0.15, 0.2) is 24.5 Å². The summed E-state index contributed by atoms with van der Waals surface area (Å²) in [5, 5.41) is 12.5. The van der Waals surface area contributed by atoms with E-state index in [4.69, 9.17) is 0 Å². The number of nitrogens with one attached hydrogen (secondary N) is 1. The maximum absolute atomic E-state index is 10.9. The second kappa shape index (κ2) is 2.81. The molecular weight excluding hydrogens is 168 g/mol. The Morgan fingerprint density at radius 2 is 2.46 bits per heavy atom. The van der Waals surface area contributed by atoms with Crippen molar-refractivity contribution in [1.82, 2.24) is 10.3 Å². The second-order valence-corrected chi connectivity index (χ2v) is 3.15. The molecule has 1 fully saturated rings. The number of nitrogens with zero attached hydrogens (tertiary/aromatic N) is 1. The van der Waals surface area contributed by atoms with Crippen molar-refractivity contribution in [2.24, 2.45) is 0 Å². The van der Waals surface area contributed by atoms with E-state index in [0.29, 0.717) is 18.4 Å². The van der Waals surface area contributed by atoms with Gasteiger partial charge in [0.2, 0.25) is 5.91 Å². The molecule has 2 heterocycles. The monoisotopic (exact) mass is 178 g/mol. The van der Waals surface area contributed by atoms with Crippen LogP contribution in [-0.2, 0) is 10.5 Å². The van der Waals surface area contributed by atoms with Crippen molar-refractivity contribution >= 4 is 5.91 Å². The molecule has 1 atom stereocenters. The van der Waals surface area contributed by atoms with Gasteiger partial charge in [-0.15, -0.1) is 0 Å². The Kier molecular flexibility index (Phi) is 1.77. The van der Waals surface area contributed by atoms with Crippen LogP contribution in [0.25, 0.3) is 0 Å². The summed E-state index contributed by atoms with van der Waals surface area (Å²) in [6.07, 6.45) is 3.97. The van der Waals surface area contributed by atoms with Gasteiger partial charge < -0.3 is 10.4 Å². The van der Waals surface area contributed by atoms with E-state index < -0.39 is 5.72 Å². The summed E-state index contributed by atoms with van der Waals surface area (Å²) in [6, 6.07) is 3.48. The first-order valence-corrected chi connectivity index (χ1v) is 4.15. The molecule has 0 aliphatic carbocycles. The molecule has 2 N–H and O–H groups in total. The molecule has 1 unspecified atom stereocenters. The number of aromatic nitrogens is 1. The molecule has 1 aliphatic heterocycles. The van der Waals surface area contributed by atoms with Crippen molar-refractivity contribution in [3.63, 3.8) is 0 Å². The molecule has 2 rings (SSSR count). The highest BCUT2D eigenvalue weighted by atomic mass is 16.3. The smallest absolute Gasteiger partial charge is 0.222 e. The van der Waals surface area contributed by atoms with Crippen LogP contribution in [-0.4, -0.2) is 16.0 Å². The number of aliphatic hydroxyl groups is 1. The van der Waals surface area contributed by atoms with Gasteiger partial charge in [0.05, 0.1) is 0 Å². The van der Waals surface area contributed by atoms with Crippen LogP contribution >= 0.6 is 0 Å². The van der Waals surface area contributed by atoms with E-state index in [2.05, 4.69) is 10.3 Å². The third-order valence-corrected chi connectivity index (χ3v) is 2.20. The molecule has 0 radical (unpaired) electrons. The van der Waals surface area contributed by atoms with Crippen LogP contribution < -0.4 is 5.32 Å². The van der Waals surface area contributed by atoms with Gasteiger partial charge in [0, 0.05) is 30.8 Å². The van der Waals surface area contributed by atoms with E-state index >= 15 is 0 Å². The molecule has 1 amide bonds. The number of hydrogen-bond acceptors (Lipinski definition) is 3. The zero-order chi connectivity index (χ0) is 9.31. The minimum Gasteiger partial charge on any atom is -0.367 e. The average Bonchev–Trinajstić information content (AvgIpc) is 2.49. The van der Waals surface area contributed by atoms with E-state index in [9.17, 15) is 9.90 Å². The summed E-state index contributed by atoms with van der Waals surface area (Å²) >= 11 is 0. The van der Waals surface area contributed by atoms with Crippen LogP contribution in [0.4, 0.5) is 0 Å². The highest BCUT2D eigenvalue weighted by molar-refractivity contribution is 5.79. The molecule has 1 aromatic heterocycles. The first-order valence-electron chi connectivity index (χ1n) is 4.15. The molecule has 0 spiro atoms. The molecule has 1 aromatic rings. The highest BCUT2D eigenvalue weighted by Crippen LogP contribution is 2.27. The maximum atomic E-state index is 10.9. The van der Waals surface area contributed by atoms with Crippen LogP contribution in [0.5, 0.6) is 0 Å². The Labute approximate surface area is 75.6 Å². The summed E-state index contributed by atoms with van der Waals surface area (Å²) in [5.74, 6) is -0.119. The third-order valence-electron chi connectivity index (χ3n) is 2.20. The van der Waals surface area contributed by atoms with Gasteiger partial charge in [0.25, 0.3) is 0 Å². The Hall–Kier alpha value is -1.42. The predicted octanol–water partition coefficient (Wildman–Crippen LogP) is 0.137. The first kappa shape index (κ1) is 8.19. The number of amides is 1. The summed E-state index contributed by atoms with van der Waals surface area (Å²) < 4.78 is 0. The van der Waals surface area contributed by atoms with Crippen molar-refractivity contribution in [3.05, 3.63) is 30.1 Å². The summed E-state index contributed by atoms with van der Waals surface area (Å²) in [4.78, 5) is 14.8. The van der Waals surface area contributed by atoms with E-state index in [1.165, 1.54) is 0 Å². The maximum Gasteiger partial charge on any atom is 0.222 e. The van der Waals surface area contributed by atoms with Crippen molar-refractivity contribution in [3.8, 4) is 0 Å². The lowest BCUT2D eigenvalue weighted by Crippen LogP contribution is -2.38. The fourth-order valence-corrected chi connectivity index (χ4v) is 1.47. The number of rotatable bonds is 1. The summed E-state index contributed by atoms with van der Waals surface area (Å²) in [7, 11) is 0. The Bertz CT molecular complexity index is 326. The van der Waals surface area contributed by atoms with Gasteiger partial charge in [-0.1, -0.05) is 6.07 Å².